The van der Waals surface area contributed by atoms with E-state index in [4.69, 9.17) is 5.11 Å². The number of hydrogen-bond donors (Lipinski definition) is 2. The maximum Gasteiger partial charge on any atom is 0.0467 e. The van der Waals surface area contributed by atoms with Gasteiger partial charge in [-0.3, -0.25) is 0 Å². The molecule has 0 aliphatic carbocycles. The Morgan fingerprint density at radius 1 is 1.57 bits per heavy atom. The molecular weight excluding hydrogens is 108 g/mol. The maximum atomic E-state index is 8.46. The second-order valence-corrected chi connectivity index (χ2v) is 2.72. The van der Waals surface area contributed by atoms with Crippen molar-refractivity contribution in [3.05, 3.63) is 0 Å². The van der Waals surface area contributed by atoms with E-state index in [0.29, 0.717) is 11.2 Å². The van der Waals surface area contributed by atoms with Crippen molar-refractivity contribution < 1.29 is 5.11 Å². The monoisotopic (exact) mass is 120 g/mol. The molecule has 0 bridgehead atoms. The van der Waals surface area contributed by atoms with Crippen LogP contribution in [0.1, 0.15) is 13.8 Å². The smallest absolute Gasteiger partial charge is 0.0467 e. The summed E-state index contributed by atoms with van der Waals surface area (Å²) in [4.78, 5) is 0. The lowest BCUT2D eigenvalue weighted by Crippen LogP contribution is -2.10. The molecule has 7 heavy (non-hydrogen) atoms. The van der Waals surface area contributed by atoms with Gasteiger partial charge in [-0.15, -0.1) is 0 Å². The van der Waals surface area contributed by atoms with E-state index < -0.39 is 0 Å². The van der Waals surface area contributed by atoms with E-state index in [0.717, 1.165) is 0 Å². The first kappa shape index (κ1) is 7.31. The molecule has 44 valence electrons. The number of thiol groups is 1. The Balaban J connectivity index is 3.14. The van der Waals surface area contributed by atoms with Crippen LogP contribution in [0.5, 0.6) is 0 Å². The third kappa shape index (κ3) is 2.94. The third-order valence-corrected chi connectivity index (χ3v) is 1.62. The standard InChI is InChI=1S/C5H12OS/c1-4(3-6)5(2)7/h4-7H,3H2,1-2H3/t4-,5-/m0/s1. The Hall–Kier alpha value is 0.310. The van der Waals surface area contributed by atoms with Gasteiger partial charge in [0.15, 0.2) is 0 Å². The minimum atomic E-state index is 0.241. The lowest BCUT2D eigenvalue weighted by molar-refractivity contribution is 0.238. The van der Waals surface area contributed by atoms with Gasteiger partial charge in [0.25, 0.3) is 0 Å². The van der Waals surface area contributed by atoms with E-state index in [2.05, 4.69) is 12.6 Å². The normalized spacial score (nSPS) is 18.9. The van der Waals surface area contributed by atoms with Gasteiger partial charge in [-0.1, -0.05) is 13.8 Å². The van der Waals surface area contributed by atoms with Gasteiger partial charge < -0.3 is 5.11 Å². The van der Waals surface area contributed by atoms with Crippen molar-refractivity contribution in [1.29, 1.82) is 0 Å². The van der Waals surface area contributed by atoms with Crippen LogP contribution in [0, 0.1) is 5.92 Å². The molecule has 2 atom stereocenters. The van der Waals surface area contributed by atoms with Crippen molar-refractivity contribution >= 4 is 12.6 Å². The number of aliphatic hydroxyl groups is 1. The third-order valence-electron chi connectivity index (χ3n) is 1.11. The van der Waals surface area contributed by atoms with Gasteiger partial charge in [0, 0.05) is 11.9 Å². The van der Waals surface area contributed by atoms with Gasteiger partial charge in [0.1, 0.15) is 0 Å². The highest BCUT2D eigenvalue weighted by Crippen LogP contribution is 2.05. The molecule has 0 amide bonds. The van der Waals surface area contributed by atoms with Gasteiger partial charge in [0.05, 0.1) is 0 Å². The van der Waals surface area contributed by atoms with Crippen molar-refractivity contribution in [3.63, 3.8) is 0 Å². The highest BCUT2D eigenvalue weighted by atomic mass is 32.1. The average molecular weight is 120 g/mol. The Bertz CT molecular complexity index is 45.3. The van der Waals surface area contributed by atoms with E-state index in [1.807, 2.05) is 13.8 Å². The fourth-order valence-corrected chi connectivity index (χ4v) is 0.247. The topological polar surface area (TPSA) is 20.2 Å². The summed E-state index contributed by atoms with van der Waals surface area (Å²) in [6.07, 6.45) is 0. The van der Waals surface area contributed by atoms with Crippen LogP contribution >= 0.6 is 12.6 Å². The van der Waals surface area contributed by atoms with Crippen LogP contribution in [0.2, 0.25) is 0 Å². The molecule has 2 heteroatoms. The zero-order valence-corrected chi connectivity index (χ0v) is 5.65. The number of hydrogen-bond acceptors (Lipinski definition) is 2. The zero-order valence-electron chi connectivity index (χ0n) is 4.76. The molecule has 0 fully saturated rings. The van der Waals surface area contributed by atoms with Gasteiger partial charge >= 0.3 is 0 Å². The number of aliphatic hydroxyl groups excluding tert-OH is 1. The van der Waals surface area contributed by atoms with E-state index in [1.165, 1.54) is 0 Å². The van der Waals surface area contributed by atoms with Crippen molar-refractivity contribution in [2.45, 2.75) is 19.1 Å². The molecule has 0 unspecified atom stereocenters. The zero-order chi connectivity index (χ0) is 5.86. The second-order valence-electron chi connectivity index (χ2n) is 1.90. The summed E-state index contributed by atoms with van der Waals surface area (Å²) < 4.78 is 0. The highest BCUT2D eigenvalue weighted by Gasteiger charge is 2.03. The van der Waals surface area contributed by atoms with Crippen LogP contribution < -0.4 is 0 Å². The molecular formula is C5H12OS. The Labute approximate surface area is 50.1 Å². The lowest BCUT2D eigenvalue weighted by Gasteiger charge is -2.08. The number of rotatable bonds is 2. The Kier molecular flexibility index (Phi) is 3.48. The molecule has 0 aromatic rings. The van der Waals surface area contributed by atoms with Crippen LogP contribution in [0.25, 0.3) is 0 Å². The SMILES string of the molecule is C[C@H](S)[C@@H](C)CO. The van der Waals surface area contributed by atoms with Crippen LogP contribution in [-0.2, 0) is 0 Å². The fourth-order valence-electron chi connectivity index (χ4n) is 0.153. The first-order valence-corrected chi connectivity index (χ1v) is 2.99. The van der Waals surface area contributed by atoms with Crippen LogP contribution in [0.4, 0.5) is 0 Å². The molecule has 1 nitrogen and oxygen atoms in total. The first-order valence-electron chi connectivity index (χ1n) is 2.47. The molecule has 0 saturated heterocycles. The Morgan fingerprint density at radius 2 is 2.00 bits per heavy atom. The summed E-state index contributed by atoms with van der Waals surface area (Å²) in [6.45, 7) is 4.19. The largest absolute Gasteiger partial charge is 0.396 e. The second kappa shape index (κ2) is 3.33. The summed E-state index contributed by atoms with van der Waals surface area (Å²) in [7, 11) is 0. The Morgan fingerprint density at radius 3 is 2.00 bits per heavy atom. The summed E-state index contributed by atoms with van der Waals surface area (Å²) in [6, 6.07) is 0. The van der Waals surface area contributed by atoms with Crippen molar-refractivity contribution in [2.75, 3.05) is 6.61 Å². The molecule has 0 aromatic carbocycles. The van der Waals surface area contributed by atoms with E-state index in [1.54, 1.807) is 0 Å². The van der Waals surface area contributed by atoms with Crippen molar-refractivity contribution in [2.24, 2.45) is 5.92 Å². The molecule has 0 radical (unpaired) electrons. The van der Waals surface area contributed by atoms with E-state index in [-0.39, 0.29) is 6.61 Å². The predicted molar refractivity (Wildman–Crippen MR) is 34.7 cm³/mol. The molecule has 0 aliphatic heterocycles. The summed E-state index contributed by atoms with van der Waals surface area (Å²) in [5, 5.41) is 8.77. The van der Waals surface area contributed by atoms with Gasteiger partial charge in [0.2, 0.25) is 0 Å². The quantitative estimate of drug-likeness (QED) is 0.519. The van der Waals surface area contributed by atoms with E-state index in [9.17, 15) is 0 Å². The molecule has 0 aromatic heterocycles. The van der Waals surface area contributed by atoms with Gasteiger partial charge in [-0.25, -0.2) is 0 Å². The average Bonchev–Trinajstić information content (AvgIpc) is 1.65. The molecule has 0 heterocycles. The predicted octanol–water partition coefficient (Wildman–Crippen LogP) is 0.933. The summed E-state index contributed by atoms with van der Waals surface area (Å²) in [5.74, 6) is 0.323. The summed E-state index contributed by atoms with van der Waals surface area (Å²) >= 11 is 4.11. The molecule has 0 spiro atoms. The van der Waals surface area contributed by atoms with Gasteiger partial charge in [-0.05, 0) is 5.92 Å². The lowest BCUT2D eigenvalue weighted by atomic mass is 10.1. The van der Waals surface area contributed by atoms with E-state index >= 15 is 0 Å². The van der Waals surface area contributed by atoms with Crippen LogP contribution in [-0.4, -0.2) is 17.0 Å². The van der Waals surface area contributed by atoms with Crippen molar-refractivity contribution in [1.82, 2.24) is 0 Å². The van der Waals surface area contributed by atoms with Crippen LogP contribution in [0.3, 0.4) is 0 Å². The molecule has 1 N–H and O–H groups in total. The van der Waals surface area contributed by atoms with Crippen LogP contribution in [0.15, 0.2) is 0 Å². The molecule has 0 aliphatic rings. The van der Waals surface area contributed by atoms with Gasteiger partial charge in [-0.2, -0.15) is 12.6 Å². The van der Waals surface area contributed by atoms with Crippen molar-refractivity contribution in [3.8, 4) is 0 Å². The maximum absolute atomic E-state index is 8.46. The summed E-state index contributed by atoms with van der Waals surface area (Å²) in [5.41, 5.74) is 0. The minimum Gasteiger partial charge on any atom is -0.396 e. The minimum absolute atomic E-state index is 0.241. The first-order chi connectivity index (χ1) is 3.18. The molecule has 0 rings (SSSR count). The molecule has 0 saturated carbocycles. The highest BCUT2D eigenvalue weighted by molar-refractivity contribution is 7.80. The fraction of sp³-hybridized carbons (Fsp3) is 1.00.